The van der Waals surface area contributed by atoms with Crippen molar-refractivity contribution in [2.75, 3.05) is 32.3 Å². The number of anilines is 2. The summed E-state index contributed by atoms with van der Waals surface area (Å²) >= 11 is 1.05. The molecular weight excluding hydrogens is 232 g/mol. The topological polar surface area (TPSA) is 90.6 Å². The first-order valence-electron chi connectivity index (χ1n) is 4.33. The highest BCUT2D eigenvalue weighted by Gasteiger charge is 2.25. The summed E-state index contributed by atoms with van der Waals surface area (Å²) in [6.07, 6.45) is 0. The molecule has 0 atom stereocenters. The fourth-order valence-corrected chi connectivity index (χ4v) is 2.15. The number of methoxy groups -OCH3 is 2. The van der Waals surface area contributed by atoms with E-state index < -0.39 is 11.9 Å². The Balaban J connectivity index is 3.32. The molecule has 1 aromatic heterocycles. The monoisotopic (exact) mass is 244 g/mol. The largest absolute Gasteiger partial charge is 0.465 e. The quantitative estimate of drug-likeness (QED) is 0.769. The Morgan fingerprint density at radius 2 is 1.81 bits per heavy atom. The maximum atomic E-state index is 11.5. The lowest BCUT2D eigenvalue weighted by molar-refractivity contribution is 0.0602. The summed E-state index contributed by atoms with van der Waals surface area (Å²) < 4.78 is 9.14. The fraction of sp³-hybridized carbons (Fsp3) is 0.333. The van der Waals surface area contributed by atoms with Crippen molar-refractivity contribution in [1.29, 1.82) is 0 Å². The van der Waals surface area contributed by atoms with Gasteiger partial charge in [-0.05, 0) is 0 Å². The molecule has 0 saturated heterocycles. The van der Waals surface area contributed by atoms with Crippen LogP contribution >= 0.6 is 11.3 Å². The van der Waals surface area contributed by atoms with Crippen LogP contribution < -0.4 is 11.1 Å². The van der Waals surface area contributed by atoms with Gasteiger partial charge in [-0.3, -0.25) is 0 Å². The number of rotatable bonds is 3. The second kappa shape index (κ2) is 4.84. The molecule has 0 fully saturated rings. The second-order valence-corrected chi connectivity index (χ2v) is 3.80. The van der Waals surface area contributed by atoms with Crippen molar-refractivity contribution < 1.29 is 19.1 Å². The second-order valence-electron chi connectivity index (χ2n) is 2.78. The van der Waals surface area contributed by atoms with Crippen molar-refractivity contribution in [3.63, 3.8) is 0 Å². The average Bonchev–Trinajstić information content (AvgIpc) is 2.64. The highest BCUT2D eigenvalue weighted by atomic mass is 32.1. The molecule has 1 rings (SSSR count). The summed E-state index contributed by atoms with van der Waals surface area (Å²) in [6.45, 7) is 0. The maximum absolute atomic E-state index is 11.5. The van der Waals surface area contributed by atoms with Crippen LogP contribution in [0.5, 0.6) is 0 Å². The number of nitrogens with one attached hydrogen (secondary N) is 1. The van der Waals surface area contributed by atoms with E-state index in [0.717, 1.165) is 11.3 Å². The number of carbonyl (C=O) groups is 2. The number of thiophene rings is 1. The molecule has 0 aromatic carbocycles. The van der Waals surface area contributed by atoms with Crippen LogP contribution in [0.2, 0.25) is 0 Å². The zero-order chi connectivity index (χ0) is 12.3. The van der Waals surface area contributed by atoms with Gasteiger partial charge in [0.15, 0.2) is 0 Å². The van der Waals surface area contributed by atoms with Crippen LogP contribution in [0.4, 0.5) is 10.7 Å². The minimum Gasteiger partial charge on any atom is -0.465 e. The van der Waals surface area contributed by atoms with E-state index in [1.165, 1.54) is 14.2 Å². The molecule has 0 bridgehead atoms. The van der Waals surface area contributed by atoms with Gasteiger partial charge < -0.3 is 20.5 Å². The fourth-order valence-electron chi connectivity index (χ4n) is 1.17. The Labute approximate surface area is 96.3 Å². The summed E-state index contributed by atoms with van der Waals surface area (Å²) in [5.41, 5.74) is 5.94. The number of carbonyl (C=O) groups excluding carboxylic acids is 2. The van der Waals surface area contributed by atoms with Crippen LogP contribution in [-0.4, -0.2) is 33.2 Å². The molecule has 0 unspecified atom stereocenters. The molecule has 0 radical (unpaired) electrons. The van der Waals surface area contributed by atoms with E-state index in [1.54, 1.807) is 7.05 Å². The minimum absolute atomic E-state index is 0.0769. The first-order chi connectivity index (χ1) is 7.56. The van der Waals surface area contributed by atoms with Crippen molar-refractivity contribution in [2.24, 2.45) is 0 Å². The summed E-state index contributed by atoms with van der Waals surface area (Å²) in [5.74, 6) is -1.16. The van der Waals surface area contributed by atoms with Gasteiger partial charge in [-0.15, -0.1) is 11.3 Å². The van der Waals surface area contributed by atoms with Crippen LogP contribution in [0.25, 0.3) is 0 Å². The Bertz CT molecular complexity index is 427. The molecule has 7 heteroatoms. The molecule has 0 saturated carbocycles. The Kier molecular flexibility index (Phi) is 3.73. The van der Waals surface area contributed by atoms with Gasteiger partial charge in [0.1, 0.15) is 15.4 Å². The molecule has 0 aliphatic heterocycles. The lowest BCUT2D eigenvalue weighted by Gasteiger charge is -2.01. The van der Waals surface area contributed by atoms with E-state index in [4.69, 9.17) is 5.73 Å². The van der Waals surface area contributed by atoms with Gasteiger partial charge in [0.25, 0.3) is 0 Å². The van der Waals surface area contributed by atoms with Gasteiger partial charge in [0.2, 0.25) is 0 Å². The molecule has 0 amide bonds. The number of hydrogen-bond acceptors (Lipinski definition) is 7. The molecule has 1 heterocycles. The highest BCUT2D eigenvalue weighted by molar-refractivity contribution is 7.19. The number of esters is 2. The standard InChI is InChI=1S/C9H12N2O4S/c1-11-7-4(8(12)14-2)5(10)6(16-7)9(13)15-3/h11H,10H2,1-3H3. The predicted octanol–water partition coefficient (Wildman–Crippen LogP) is 0.945. The predicted molar refractivity (Wildman–Crippen MR) is 61.0 cm³/mol. The van der Waals surface area contributed by atoms with Gasteiger partial charge in [-0.2, -0.15) is 0 Å². The van der Waals surface area contributed by atoms with Crippen LogP contribution in [0.1, 0.15) is 20.0 Å². The molecule has 6 nitrogen and oxygen atoms in total. The van der Waals surface area contributed by atoms with Crippen LogP contribution in [0.15, 0.2) is 0 Å². The zero-order valence-electron chi connectivity index (χ0n) is 9.12. The van der Waals surface area contributed by atoms with E-state index in [-0.39, 0.29) is 16.1 Å². The first-order valence-corrected chi connectivity index (χ1v) is 5.15. The summed E-state index contributed by atoms with van der Waals surface area (Å²) in [6, 6.07) is 0. The highest BCUT2D eigenvalue weighted by Crippen LogP contribution is 2.36. The molecule has 0 spiro atoms. The Morgan fingerprint density at radius 3 is 2.25 bits per heavy atom. The summed E-state index contributed by atoms with van der Waals surface area (Å²) in [7, 11) is 4.12. The number of hydrogen-bond donors (Lipinski definition) is 2. The van der Waals surface area contributed by atoms with Gasteiger partial charge in [-0.25, -0.2) is 9.59 Å². The van der Waals surface area contributed by atoms with Crippen molar-refractivity contribution in [3.8, 4) is 0 Å². The van der Waals surface area contributed by atoms with E-state index in [1.807, 2.05) is 0 Å². The van der Waals surface area contributed by atoms with Crippen molar-refractivity contribution in [1.82, 2.24) is 0 Å². The van der Waals surface area contributed by atoms with Crippen LogP contribution in [0.3, 0.4) is 0 Å². The molecule has 0 aliphatic rings. The Morgan fingerprint density at radius 1 is 1.25 bits per heavy atom. The SMILES string of the molecule is CNc1sc(C(=O)OC)c(N)c1C(=O)OC. The molecule has 16 heavy (non-hydrogen) atoms. The Hall–Kier alpha value is -1.76. The van der Waals surface area contributed by atoms with Gasteiger partial charge in [-0.1, -0.05) is 0 Å². The molecule has 1 aromatic rings. The normalized spacial score (nSPS) is 9.69. The molecule has 88 valence electrons. The molecular formula is C9H12N2O4S. The molecule has 0 aliphatic carbocycles. The lowest BCUT2D eigenvalue weighted by Crippen LogP contribution is -2.08. The number of ether oxygens (including phenoxy) is 2. The third-order valence-corrected chi connectivity index (χ3v) is 3.14. The zero-order valence-corrected chi connectivity index (χ0v) is 9.94. The van der Waals surface area contributed by atoms with Gasteiger partial charge in [0, 0.05) is 7.05 Å². The summed E-state index contributed by atoms with van der Waals surface area (Å²) in [5, 5.41) is 3.26. The van der Waals surface area contributed by atoms with Crippen molar-refractivity contribution in [2.45, 2.75) is 0 Å². The first kappa shape index (κ1) is 12.3. The molecule has 3 N–H and O–H groups in total. The third-order valence-electron chi connectivity index (χ3n) is 1.93. The number of nitrogens with two attached hydrogens (primary N) is 1. The van der Waals surface area contributed by atoms with E-state index >= 15 is 0 Å². The smallest absolute Gasteiger partial charge is 0.350 e. The maximum Gasteiger partial charge on any atom is 0.350 e. The van der Waals surface area contributed by atoms with Crippen molar-refractivity contribution in [3.05, 3.63) is 10.4 Å². The van der Waals surface area contributed by atoms with E-state index in [2.05, 4.69) is 14.8 Å². The lowest BCUT2D eigenvalue weighted by atomic mass is 10.2. The third kappa shape index (κ3) is 1.94. The van der Waals surface area contributed by atoms with Crippen LogP contribution in [0, 0.1) is 0 Å². The van der Waals surface area contributed by atoms with Gasteiger partial charge in [0.05, 0.1) is 19.9 Å². The number of nitrogen functional groups attached to an aromatic ring is 1. The minimum atomic E-state index is -0.590. The van der Waals surface area contributed by atoms with Crippen LogP contribution in [-0.2, 0) is 9.47 Å². The summed E-state index contributed by atoms with van der Waals surface area (Å²) in [4.78, 5) is 23.0. The van der Waals surface area contributed by atoms with E-state index in [0.29, 0.717) is 5.00 Å². The van der Waals surface area contributed by atoms with Gasteiger partial charge >= 0.3 is 11.9 Å². The van der Waals surface area contributed by atoms with E-state index in [9.17, 15) is 9.59 Å². The average molecular weight is 244 g/mol. The van der Waals surface area contributed by atoms with Crippen molar-refractivity contribution >= 4 is 34.0 Å².